The van der Waals surface area contributed by atoms with E-state index in [1.165, 1.54) is 14.0 Å². The highest BCUT2D eigenvalue weighted by Crippen LogP contribution is 2.37. The van der Waals surface area contributed by atoms with Gasteiger partial charge in [0.25, 0.3) is 11.8 Å². The maximum absolute atomic E-state index is 13.7. The normalized spacial score (nSPS) is 14.5. The van der Waals surface area contributed by atoms with Gasteiger partial charge in [0.2, 0.25) is 11.8 Å². The molecule has 0 fully saturated rings. The van der Waals surface area contributed by atoms with Gasteiger partial charge < -0.3 is 41.9 Å². The number of rotatable bonds is 10. The fraction of sp³-hybridized carbons (Fsp3) is 0.474. The molecule has 4 atom stereocenters. The number of nitrogens with zero attached hydrogens (tertiary/aromatic N) is 1. The third-order valence-corrected chi connectivity index (χ3v) is 8.03. The molecule has 0 saturated carbocycles. The monoisotopic (exact) mass is 834 g/mol. The summed E-state index contributed by atoms with van der Waals surface area (Å²) >= 11 is 5.31. The average Bonchev–Trinajstić information content (AvgIpc) is 2.82. The van der Waals surface area contributed by atoms with Crippen LogP contribution < -0.4 is 16.4 Å². The van der Waals surface area contributed by atoms with Gasteiger partial charge >= 0.3 is 0 Å². The van der Waals surface area contributed by atoms with E-state index in [1.807, 2.05) is 22.6 Å². The maximum atomic E-state index is 13.7. The Balaban J connectivity index is 3.89. The van der Waals surface area contributed by atoms with Crippen molar-refractivity contribution < 1.29 is 44.7 Å². The number of amides is 4. The number of nitrogens with two attached hydrogens (primary N) is 1. The van der Waals surface area contributed by atoms with Gasteiger partial charge in [-0.3, -0.25) is 24.1 Å². The van der Waals surface area contributed by atoms with E-state index in [4.69, 9.17) is 10.8 Å². The zero-order chi connectivity index (χ0) is 27.2. The van der Waals surface area contributed by atoms with E-state index in [9.17, 15) is 39.6 Å². The predicted molar refractivity (Wildman–Crippen MR) is 148 cm³/mol. The van der Waals surface area contributed by atoms with Gasteiger partial charge in [-0.2, -0.15) is 0 Å². The minimum Gasteiger partial charge on any atom is -0.394 e. The minimum absolute atomic E-state index is 0.0261. The molecule has 4 amide bonds. The van der Waals surface area contributed by atoms with E-state index in [0.717, 1.165) is 0 Å². The second kappa shape index (κ2) is 14.3. The summed E-state index contributed by atoms with van der Waals surface area (Å²) in [6, 6.07) is -1.78. The Morgan fingerprint density at radius 1 is 0.943 bits per heavy atom. The van der Waals surface area contributed by atoms with Gasteiger partial charge in [-0.25, -0.2) is 0 Å². The van der Waals surface area contributed by atoms with Crippen molar-refractivity contribution in [2.45, 2.75) is 31.3 Å². The largest absolute Gasteiger partial charge is 0.394 e. The third-order valence-electron chi connectivity index (χ3n) is 4.79. The number of benzene rings is 1. The lowest BCUT2D eigenvalue weighted by molar-refractivity contribution is -0.139. The first-order valence-electron chi connectivity index (χ1n) is 9.82. The van der Waals surface area contributed by atoms with Crippen LogP contribution in [0, 0.1) is 10.7 Å². The number of halogens is 3. The summed E-state index contributed by atoms with van der Waals surface area (Å²) in [6.45, 7) is -1.49. The van der Waals surface area contributed by atoms with Crippen LogP contribution in [0.25, 0.3) is 0 Å². The van der Waals surface area contributed by atoms with Gasteiger partial charge in [-0.15, -0.1) is 0 Å². The van der Waals surface area contributed by atoms with Crippen LogP contribution in [0.2, 0.25) is 0 Å². The molecule has 9 N–H and O–H groups in total. The average molecular weight is 834 g/mol. The number of carbonyl (C=O) groups is 4. The molecule has 0 aliphatic rings. The number of imide groups is 1. The quantitative estimate of drug-likeness (QED) is 0.123. The standard InChI is InChI=1S/C19H25I3N4O9/c1-6(29)25-15-13(21)10(18(34)24-2)12(20)11(14(15)22)19(35)26(9(31)3-23)7(4-27)16(32)17(33)8(30)5-28/h7-8,16-17,27-28,30,32-33H,3-5,23H2,1-2H3,(H,24,34)(H,25,29)/t7-,8+,16+,17+/m0/s1. The first-order valence-corrected chi connectivity index (χ1v) is 13.1. The van der Waals surface area contributed by atoms with E-state index in [-0.39, 0.29) is 24.0 Å². The van der Waals surface area contributed by atoms with Gasteiger partial charge in [0.15, 0.2) is 0 Å². The molecule has 0 aliphatic carbocycles. The smallest absolute Gasteiger partial charge is 0.263 e. The molecular weight excluding hydrogens is 809 g/mol. The zero-order valence-electron chi connectivity index (χ0n) is 18.5. The summed E-state index contributed by atoms with van der Waals surface area (Å²) in [5, 5.41) is 54.3. The highest BCUT2D eigenvalue weighted by atomic mass is 127. The third kappa shape index (κ3) is 7.18. The van der Waals surface area contributed by atoms with Crippen molar-refractivity contribution in [1.82, 2.24) is 10.2 Å². The molecule has 0 saturated heterocycles. The Bertz CT molecular complexity index is 995. The second-order valence-corrected chi connectivity index (χ2v) is 10.3. The Labute approximate surface area is 241 Å². The fourth-order valence-electron chi connectivity index (χ4n) is 3.04. The van der Waals surface area contributed by atoms with Crippen LogP contribution in [0.3, 0.4) is 0 Å². The Kier molecular flexibility index (Phi) is 13.1. The number of aliphatic hydroxyl groups excluding tert-OH is 5. The highest BCUT2D eigenvalue weighted by molar-refractivity contribution is 14.1. The van der Waals surface area contributed by atoms with Gasteiger partial charge in [-0.1, -0.05) is 0 Å². The number of nitrogens with one attached hydrogen (secondary N) is 2. The van der Waals surface area contributed by atoms with Crippen LogP contribution >= 0.6 is 67.8 Å². The lowest BCUT2D eigenvalue weighted by Gasteiger charge is -2.35. The van der Waals surface area contributed by atoms with Crippen LogP contribution in [-0.2, 0) is 9.59 Å². The lowest BCUT2D eigenvalue weighted by Crippen LogP contribution is -2.59. The summed E-state index contributed by atoms with van der Waals surface area (Å²) in [7, 11) is 1.36. The number of aliphatic hydroxyl groups is 5. The van der Waals surface area contributed by atoms with Gasteiger partial charge in [0, 0.05) is 17.5 Å². The van der Waals surface area contributed by atoms with E-state index in [1.54, 1.807) is 45.2 Å². The van der Waals surface area contributed by atoms with E-state index in [2.05, 4.69) is 10.6 Å². The highest BCUT2D eigenvalue weighted by Gasteiger charge is 2.41. The summed E-state index contributed by atoms with van der Waals surface area (Å²) < 4.78 is 0.576. The molecule has 13 nitrogen and oxygen atoms in total. The molecule has 1 aromatic rings. The molecule has 196 valence electrons. The topological polar surface area (TPSA) is 223 Å². The molecule has 0 spiro atoms. The van der Waals surface area contributed by atoms with Crippen molar-refractivity contribution in [3.8, 4) is 0 Å². The van der Waals surface area contributed by atoms with Crippen LogP contribution in [0.4, 0.5) is 5.69 Å². The van der Waals surface area contributed by atoms with Crippen LogP contribution in [0.15, 0.2) is 0 Å². The number of carbonyl (C=O) groups excluding carboxylic acids is 4. The Hall–Kier alpha value is -0.750. The Morgan fingerprint density at radius 3 is 1.91 bits per heavy atom. The number of anilines is 1. The lowest BCUT2D eigenvalue weighted by atomic mass is 9.98. The molecule has 16 heteroatoms. The van der Waals surface area contributed by atoms with Gasteiger partial charge in [0.1, 0.15) is 18.3 Å². The molecule has 0 aliphatic heterocycles. The van der Waals surface area contributed by atoms with Gasteiger partial charge in [-0.05, 0) is 67.8 Å². The summed E-state index contributed by atoms with van der Waals surface area (Å²) in [5.41, 5.74) is 5.39. The fourth-order valence-corrected chi connectivity index (χ4v) is 7.42. The van der Waals surface area contributed by atoms with Crippen molar-refractivity contribution in [2.75, 3.05) is 32.1 Å². The molecule has 35 heavy (non-hydrogen) atoms. The molecule has 0 unspecified atom stereocenters. The Morgan fingerprint density at radius 2 is 1.49 bits per heavy atom. The number of hydrogen-bond donors (Lipinski definition) is 8. The predicted octanol–water partition coefficient (Wildman–Crippen LogP) is -1.82. The van der Waals surface area contributed by atoms with Crippen LogP contribution in [-0.4, -0.2) is 105 Å². The van der Waals surface area contributed by atoms with Crippen molar-refractivity contribution in [2.24, 2.45) is 5.73 Å². The molecule has 0 aromatic heterocycles. The summed E-state index contributed by atoms with van der Waals surface area (Å²) in [5.74, 6) is -3.23. The summed E-state index contributed by atoms with van der Waals surface area (Å²) in [4.78, 5) is 51.3. The van der Waals surface area contributed by atoms with Crippen molar-refractivity contribution in [3.05, 3.63) is 21.8 Å². The van der Waals surface area contributed by atoms with Crippen LogP contribution in [0.5, 0.6) is 0 Å². The van der Waals surface area contributed by atoms with Crippen molar-refractivity contribution in [1.29, 1.82) is 0 Å². The zero-order valence-corrected chi connectivity index (χ0v) is 24.9. The molecular formula is C19H25I3N4O9. The molecule has 1 aromatic carbocycles. The summed E-state index contributed by atoms with van der Waals surface area (Å²) in [6.07, 6.45) is -5.95. The van der Waals surface area contributed by atoms with E-state index in [0.29, 0.717) is 8.47 Å². The van der Waals surface area contributed by atoms with Crippen LogP contribution in [0.1, 0.15) is 27.6 Å². The molecule has 0 bridgehead atoms. The maximum Gasteiger partial charge on any atom is 0.263 e. The van der Waals surface area contributed by atoms with E-state index < -0.39 is 67.7 Å². The molecule has 1 rings (SSSR count). The second-order valence-electron chi connectivity index (χ2n) is 7.08. The molecule has 0 heterocycles. The SMILES string of the molecule is CNC(=O)c1c(I)c(NC(C)=O)c(I)c(C(=O)N(C(=O)CN)[C@@H](CO)[C@@H](O)[C@H](O)[C@H](O)CO)c1I. The first kappa shape index (κ1) is 32.3. The minimum atomic E-state index is -2.08. The van der Waals surface area contributed by atoms with Gasteiger partial charge in [0.05, 0.1) is 49.8 Å². The van der Waals surface area contributed by atoms with E-state index >= 15 is 0 Å². The van der Waals surface area contributed by atoms with Crippen molar-refractivity contribution in [3.63, 3.8) is 0 Å². The first-order chi connectivity index (χ1) is 16.3. The molecule has 0 radical (unpaired) electrons. The van der Waals surface area contributed by atoms with Crippen molar-refractivity contribution >= 4 is 97.1 Å². The number of hydrogen-bond acceptors (Lipinski definition) is 10.